The molecule has 3 rings (SSSR count). The van der Waals surface area contributed by atoms with Crippen molar-refractivity contribution in [3.05, 3.63) is 59.9 Å². The number of nitrogens with one attached hydrogen (secondary N) is 1. The summed E-state index contributed by atoms with van der Waals surface area (Å²) < 4.78 is 5.48. The van der Waals surface area contributed by atoms with Gasteiger partial charge in [-0.15, -0.1) is 0 Å². The van der Waals surface area contributed by atoms with E-state index < -0.39 is 0 Å². The standard InChI is InChI=1S/C24H33N3O2/c1-19(16-20-8-3-4-11-23(20)29-2)17-24(28)27(18-21-9-5-6-14-26-21)22-10-7-13-25-15-12-22/h3-6,8-9,11,14,19,22,25H,7,10,12-13,15-18H2,1-2H3. The zero-order valence-electron chi connectivity index (χ0n) is 17.6. The highest BCUT2D eigenvalue weighted by molar-refractivity contribution is 5.76. The zero-order chi connectivity index (χ0) is 20.5. The minimum Gasteiger partial charge on any atom is -0.496 e. The molecule has 2 atom stereocenters. The Morgan fingerprint density at radius 1 is 1.21 bits per heavy atom. The maximum absolute atomic E-state index is 13.4. The third-order valence-corrected chi connectivity index (χ3v) is 5.65. The van der Waals surface area contributed by atoms with Crippen LogP contribution in [0.4, 0.5) is 0 Å². The van der Waals surface area contributed by atoms with E-state index in [1.807, 2.05) is 36.4 Å². The van der Waals surface area contributed by atoms with Crippen molar-refractivity contribution in [2.45, 2.75) is 51.6 Å². The first-order valence-corrected chi connectivity index (χ1v) is 10.7. The maximum atomic E-state index is 13.4. The van der Waals surface area contributed by atoms with E-state index in [0.717, 1.165) is 55.8 Å². The fourth-order valence-corrected chi connectivity index (χ4v) is 4.13. The summed E-state index contributed by atoms with van der Waals surface area (Å²) in [5, 5.41) is 3.45. The lowest BCUT2D eigenvalue weighted by atomic mass is 9.96. The Bertz CT molecular complexity index is 758. The molecule has 1 aromatic carbocycles. The van der Waals surface area contributed by atoms with Gasteiger partial charge in [0.15, 0.2) is 0 Å². The summed E-state index contributed by atoms with van der Waals surface area (Å²) in [5.74, 6) is 1.37. The van der Waals surface area contributed by atoms with Gasteiger partial charge in [0.25, 0.3) is 0 Å². The Kier molecular flexibility index (Phi) is 8.05. The van der Waals surface area contributed by atoms with Crippen molar-refractivity contribution >= 4 is 5.91 Å². The molecule has 5 heteroatoms. The van der Waals surface area contributed by atoms with E-state index in [9.17, 15) is 4.79 Å². The Labute approximate surface area is 174 Å². The second-order valence-corrected chi connectivity index (χ2v) is 8.00. The number of hydrogen-bond donors (Lipinski definition) is 1. The van der Waals surface area contributed by atoms with E-state index in [-0.39, 0.29) is 17.9 Å². The lowest BCUT2D eigenvalue weighted by Gasteiger charge is -2.32. The largest absolute Gasteiger partial charge is 0.496 e. The Balaban J connectivity index is 1.69. The Morgan fingerprint density at radius 3 is 2.83 bits per heavy atom. The number of hydrogen-bond acceptors (Lipinski definition) is 4. The van der Waals surface area contributed by atoms with Crippen LogP contribution in [0.2, 0.25) is 0 Å². The van der Waals surface area contributed by atoms with Gasteiger partial charge in [0, 0.05) is 18.7 Å². The average molecular weight is 396 g/mol. The second-order valence-electron chi connectivity index (χ2n) is 8.00. The number of rotatable bonds is 8. The highest BCUT2D eigenvalue weighted by atomic mass is 16.5. The molecule has 29 heavy (non-hydrogen) atoms. The van der Waals surface area contributed by atoms with Crippen molar-refractivity contribution < 1.29 is 9.53 Å². The van der Waals surface area contributed by atoms with E-state index in [1.54, 1.807) is 13.3 Å². The number of carbonyl (C=O) groups excluding carboxylic acids is 1. The molecule has 2 unspecified atom stereocenters. The molecule has 1 fully saturated rings. The minimum atomic E-state index is 0.227. The van der Waals surface area contributed by atoms with Gasteiger partial charge in [0.1, 0.15) is 5.75 Å². The van der Waals surface area contributed by atoms with Gasteiger partial charge in [-0.1, -0.05) is 31.2 Å². The van der Waals surface area contributed by atoms with Crippen LogP contribution >= 0.6 is 0 Å². The molecule has 1 saturated heterocycles. The van der Waals surface area contributed by atoms with Gasteiger partial charge in [-0.3, -0.25) is 9.78 Å². The molecular formula is C24H33N3O2. The van der Waals surface area contributed by atoms with Gasteiger partial charge in [0.05, 0.1) is 19.3 Å². The number of aromatic nitrogens is 1. The number of nitrogens with zero attached hydrogens (tertiary/aromatic N) is 2. The first-order valence-electron chi connectivity index (χ1n) is 10.7. The molecule has 0 saturated carbocycles. The fourth-order valence-electron chi connectivity index (χ4n) is 4.13. The average Bonchev–Trinajstić information content (AvgIpc) is 3.02. The molecule has 0 aliphatic carbocycles. The molecular weight excluding hydrogens is 362 g/mol. The van der Waals surface area contributed by atoms with Crippen LogP contribution in [-0.4, -0.2) is 42.0 Å². The molecule has 0 spiro atoms. The Hall–Kier alpha value is -2.40. The van der Waals surface area contributed by atoms with Crippen molar-refractivity contribution in [1.82, 2.24) is 15.2 Å². The van der Waals surface area contributed by atoms with Crippen LogP contribution in [0, 0.1) is 5.92 Å². The predicted octanol–water partition coefficient (Wildman–Crippen LogP) is 3.83. The number of ether oxygens (including phenoxy) is 1. The van der Waals surface area contributed by atoms with Crippen LogP contribution in [0.3, 0.4) is 0 Å². The summed E-state index contributed by atoms with van der Waals surface area (Å²) in [6.07, 6.45) is 6.32. The van der Waals surface area contributed by atoms with Crippen molar-refractivity contribution in [3.8, 4) is 5.75 Å². The second kappa shape index (κ2) is 11.0. The number of amides is 1. The molecule has 1 aliphatic rings. The third-order valence-electron chi connectivity index (χ3n) is 5.65. The first-order chi connectivity index (χ1) is 14.2. The van der Waals surface area contributed by atoms with Gasteiger partial charge in [-0.05, 0) is 68.5 Å². The van der Waals surface area contributed by atoms with E-state index in [4.69, 9.17) is 4.74 Å². The monoisotopic (exact) mass is 395 g/mol. The molecule has 1 aromatic heterocycles. The third kappa shape index (κ3) is 6.29. The molecule has 2 aromatic rings. The van der Waals surface area contributed by atoms with Gasteiger partial charge in [-0.25, -0.2) is 0 Å². The molecule has 2 heterocycles. The van der Waals surface area contributed by atoms with Gasteiger partial charge in [0.2, 0.25) is 5.91 Å². The summed E-state index contributed by atoms with van der Waals surface area (Å²) in [6.45, 7) is 4.74. The highest BCUT2D eigenvalue weighted by Crippen LogP contribution is 2.24. The number of para-hydroxylation sites is 1. The van der Waals surface area contributed by atoms with Gasteiger partial charge >= 0.3 is 0 Å². The zero-order valence-corrected chi connectivity index (χ0v) is 17.6. The summed E-state index contributed by atoms with van der Waals surface area (Å²) in [7, 11) is 1.70. The number of benzene rings is 1. The molecule has 156 valence electrons. The minimum absolute atomic E-state index is 0.227. The molecule has 1 amide bonds. The van der Waals surface area contributed by atoms with E-state index in [1.165, 1.54) is 0 Å². The van der Waals surface area contributed by atoms with Gasteiger partial charge in [-0.2, -0.15) is 0 Å². The lowest BCUT2D eigenvalue weighted by molar-refractivity contribution is -0.135. The molecule has 1 N–H and O–H groups in total. The van der Waals surface area contributed by atoms with E-state index >= 15 is 0 Å². The summed E-state index contributed by atoms with van der Waals surface area (Å²) in [6, 6.07) is 14.3. The summed E-state index contributed by atoms with van der Waals surface area (Å²) in [4.78, 5) is 19.9. The molecule has 1 aliphatic heterocycles. The van der Waals surface area contributed by atoms with Crippen LogP contribution in [0.15, 0.2) is 48.7 Å². The molecule has 5 nitrogen and oxygen atoms in total. The molecule has 0 radical (unpaired) electrons. The Morgan fingerprint density at radius 2 is 2.03 bits per heavy atom. The fraction of sp³-hybridized carbons (Fsp3) is 0.500. The number of methoxy groups -OCH3 is 1. The molecule has 0 bridgehead atoms. The van der Waals surface area contributed by atoms with Crippen molar-refractivity contribution in [2.24, 2.45) is 5.92 Å². The number of carbonyl (C=O) groups is 1. The maximum Gasteiger partial charge on any atom is 0.223 e. The first kappa shape index (κ1) is 21.3. The normalized spacial score (nSPS) is 17.9. The smallest absolute Gasteiger partial charge is 0.223 e. The van der Waals surface area contributed by atoms with Gasteiger partial charge < -0.3 is 15.0 Å². The lowest BCUT2D eigenvalue weighted by Crippen LogP contribution is -2.41. The van der Waals surface area contributed by atoms with Crippen LogP contribution in [-0.2, 0) is 17.8 Å². The van der Waals surface area contributed by atoms with Crippen LogP contribution in [0.1, 0.15) is 43.9 Å². The van der Waals surface area contributed by atoms with Crippen molar-refractivity contribution in [2.75, 3.05) is 20.2 Å². The van der Waals surface area contributed by atoms with Crippen molar-refractivity contribution in [3.63, 3.8) is 0 Å². The van der Waals surface area contributed by atoms with Crippen LogP contribution in [0.25, 0.3) is 0 Å². The summed E-state index contributed by atoms with van der Waals surface area (Å²) in [5.41, 5.74) is 2.11. The van der Waals surface area contributed by atoms with E-state index in [2.05, 4.69) is 28.2 Å². The topological polar surface area (TPSA) is 54.5 Å². The highest BCUT2D eigenvalue weighted by Gasteiger charge is 2.26. The quantitative estimate of drug-likeness (QED) is 0.738. The van der Waals surface area contributed by atoms with Crippen molar-refractivity contribution in [1.29, 1.82) is 0 Å². The SMILES string of the molecule is COc1ccccc1CC(C)CC(=O)N(Cc1ccccn1)C1CCCNCC1. The summed E-state index contributed by atoms with van der Waals surface area (Å²) >= 11 is 0. The van der Waals surface area contributed by atoms with Crippen LogP contribution < -0.4 is 10.1 Å². The predicted molar refractivity (Wildman–Crippen MR) is 116 cm³/mol. The van der Waals surface area contributed by atoms with Crippen LogP contribution in [0.5, 0.6) is 5.75 Å². The van der Waals surface area contributed by atoms with E-state index in [0.29, 0.717) is 13.0 Å². The number of pyridine rings is 1.